The number of carbonyl (C=O) groups excluding carboxylic acids is 1. The molecule has 4 heterocycles. The van der Waals surface area contributed by atoms with Crippen molar-refractivity contribution in [3.05, 3.63) is 24.4 Å². The molecule has 1 aliphatic rings. The van der Waals surface area contributed by atoms with Crippen LogP contribution in [0.5, 0.6) is 0 Å². The molecule has 34 heavy (non-hydrogen) atoms. The number of halogens is 2. The molecule has 0 spiro atoms. The third-order valence-corrected chi connectivity index (χ3v) is 6.15. The first-order chi connectivity index (χ1) is 16.4. The number of amides is 1. The molecule has 0 aromatic carbocycles. The summed E-state index contributed by atoms with van der Waals surface area (Å²) in [6.07, 6.45) is 6.20. The van der Waals surface area contributed by atoms with Crippen LogP contribution in [0.3, 0.4) is 0 Å². The summed E-state index contributed by atoms with van der Waals surface area (Å²) in [7, 11) is 0. The van der Waals surface area contributed by atoms with Crippen molar-refractivity contribution >= 4 is 34.2 Å². The number of rotatable bonds is 6. The van der Waals surface area contributed by atoms with Gasteiger partial charge in [0.25, 0.3) is 6.43 Å². The third kappa shape index (κ3) is 4.39. The largest absolute Gasteiger partial charge is 0.354 e. The Bertz CT molecular complexity index is 1340. The van der Waals surface area contributed by atoms with Gasteiger partial charge in [0, 0.05) is 42.4 Å². The number of aryl methyl sites for hydroxylation is 1. The molecular formula is C22H25F2N9O. The van der Waals surface area contributed by atoms with Gasteiger partial charge in [0.2, 0.25) is 11.9 Å². The molecule has 0 atom stereocenters. The Kier molecular flexibility index (Phi) is 5.80. The number of nitrogens with zero attached hydrogens (tertiary/aromatic N) is 6. The molecule has 12 heteroatoms. The second-order valence-electron chi connectivity index (χ2n) is 8.61. The monoisotopic (exact) mass is 469 g/mol. The van der Waals surface area contributed by atoms with Crippen molar-refractivity contribution in [2.45, 2.75) is 64.6 Å². The second-order valence-corrected chi connectivity index (χ2v) is 8.61. The van der Waals surface area contributed by atoms with Gasteiger partial charge in [-0.3, -0.25) is 4.79 Å². The standard InChI is InChI=1S/C22H25F2N9O/c1-11-28-20-21(33(11)10-18(23)24)31-17(9-26-20)15-7-25-19-16(15)8-27-22(32-19)30-14-5-3-13(4-6-14)29-12(2)34/h7-9,13-14,18H,3-6,10H2,1-2H3,(H,29,34)(H2,25,27,30,32)/t13-,14+. The van der Waals surface area contributed by atoms with Crippen molar-refractivity contribution in [1.29, 1.82) is 0 Å². The number of H-pyrrole nitrogens is 1. The van der Waals surface area contributed by atoms with Gasteiger partial charge in [-0.05, 0) is 32.6 Å². The number of hydrogen-bond donors (Lipinski definition) is 3. The van der Waals surface area contributed by atoms with Crippen LogP contribution in [0, 0.1) is 6.92 Å². The Hall–Kier alpha value is -3.70. The number of aromatic nitrogens is 7. The average Bonchev–Trinajstić information content (AvgIpc) is 3.34. The highest BCUT2D eigenvalue weighted by atomic mass is 19.3. The lowest BCUT2D eigenvalue weighted by atomic mass is 9.91. The van der Waals surface area contributed by atoms with Crippen molar-refractivity contribution in [1.82, 2.24) is 39.8 Å². The number of anilines is 1. The molecule has 5 rings (SSSR count). The molecule has 1 amide bonds. The summed E-state index contributed by atoms with van der Waals surface area (Å²) >= 11 is 0. The van der Waals surface area contributed by atoms with E-state index in [2.05, 4.69) is 40.5 Å². The molecule has 1 saturated carbocycles. The maximum absolute atomic E-state index is 13.0. The summed E-state index contributed by atoms with van der Waals surface area (Å²) in [5.41, 5.74) is 2.54. The van der Waals surface area contributed by atoms with Crippen molar-refractivity contribution in [3.8, 4) is 11.3 Å². The van der Waals surface area contributed by atoms with Gasteiger partial charge in [-0.15, -0.1) is 0 Å². The minimum absolute atomic E-state index is 0.00481. The van der Waals surface area contributed by atoms with Crippen molar-refractivity contribution < 1.29 is 13.6 Å². The quantitative estimate of drug-likeness (QED) is 0.396. The number of fused-ring (bicyclic) bond motifs is 2. The van der Waals surface area contributed by atoms with Gasteiger partial charge >= 0.3 is 0 Å². The summed E-state index contributed by atoms with van der Waals surface area (Å²) in [5, 5.41) is 7.11. The first-order valence-corrected chi connectivity index (χ1v) is 11.2. The number of carbonyl (C=O) groups is 1. The molecule has 3 N–H and O–H groups in total. The first-order valence-electron chi connectivity index (χ1n) is 11.2. The lowest BCUT2D eigenvalue weighted by Gasteiger charge is -2.29. The van der Waals surface area contributed by atoms with E-state index in [1.807, 2.05) is 0 Å². The average molecular weight is 470 g/mol. The molecular weight excluding hydrogens is 444 g/mol. The third-order valence-electron chi connectivity index (χ3n) is 6.15. The number of imidazole rings is 1. The molecule has 0 bridgehead atoms. The van der Waals surface area contributed by atoms with E-state index in [9.17, 15) is 13.6 Å². The van der Waals surface area contributed by atoms with Crippen molar-refractivity contribution in [2.24, 2.45) is 0 Å². The van der Waals surface area contributed by atoms with Crippen molar-refractivity contribution in [2.75, 3.05) is 5.32 Å². The Labute approximate surface area is 193 Å². The van der Waals surface area contributed by atoms with Crippen LogP contribution in [-0.2, 0) is 11.3 Å². The van der Waals surface area contributed by atoms with Crippen LogP contribution in [0.1, 0.15) is 38.4 Å². The second kappa shape index (κ2) is 8.92. The van der Waals surface area contributed by atoms with Gasteiger partial charge in [0.05, 0.1) is 18.4 Å². The van der Waals surface area contributed by atoms with Gasteiger partial charge in [-0.2, -0.15) is 4.98 Å². The number of alkyl halides is 2. The predicted molar refractivity (Wildman–Crippen MR) is 122 cm³/mol. The minimum Gasteiger partial charge on any atom is -0.354 e. The van der Waals surface area contributed by atoms with E-state index in [0.717, 1.165) is 36.6 Å². The van der Waals surface area contributed by atoms with Gasteiger partial charge in [-0.1, -0.05) is 0 Å². The first kappa shape index (κ1) is 22.1. The molecule has 4 aromatic heterocycles. The summed E-state index contributed by atoms with van der Waals surface area (Å²) in [6.45, 7) is 2.71. The zero-order valence-electron chi connectivity index (χ0n) is 18.8. The van der Waals surface area contributed by atoms with E-state index < -0.39 is 13.0 Å². The van der Waals surface area contributed by atoms with Crippen LogP contribution in [0.25, 0.3) is 33.6 Å². The van der Waals surface area contributed by atoms with Gasteiger partial charge < -0.3 is 20.2 Å². The van der Waals surface area contributed by atoms with E-state index in [0.29, 0.717) is 34.4 Å². The maximum atomic E-state index is 13.0. The van der Waals surface area contributed by atoms with Crippen LogP contribution in [0.15, 0.2) is 18.6 Å². The highest BCUT2D eigenvalue weighted by Crippen LogP contribution is 2.28. The Morgan fingerprint density at radius 2 is 1.91 bits per heavy atom. The molecule has 10 nitrogen and oxygen atoms in total. The van der Waals surface area contributed by atoms with E-state index in [1.165, 1.54) is 4.57 Å². The topological polar surface area (TPSA) is 126 Å². The Morgan fingerprint density at radius 1 is 1.15 bits per heavy atom. The molecule has 0 unspecified atom stereocenters. The molecule has 0 aliphatic heterocycles. The summed E-state index contributed by atoms with van der Waals surface area (Å²) < 4.78 is 27.4. The van der Waals surface area contributed by atoms with Crippen LogP contribution in [-0.4, -0.2) is 58.9 Å². The SMILES string of the molecule is CC(=O)N[C@H]1CC[C@@H](Nc2ncc3c(-c4cnc5nc(C)n(CC(F)F)c5n4)c[nH]c3n2)CC1. The highest BCUT2D eigenvalue weighted by molar-refractivity contribution is 5.93. The zero-order valence-corrected chi connectivity index (χ0v) is 18.8. The summed E-state index contributed by atoms with van der Waals surface area (Å²) in [5.74, 6) is 0.970. The molecule has 4 aromatic rings. The lowest BCUT2D eigenvalue weighted by molar-refractivity contribution is -0.119. The molecule has 178 valence electrons. The van der Waals surface area contributed by atoms with Crippen LogP contribution >= 0.6 is 0 Å². The maximum Gasteiger partial charge on any atom is 0.256 e. The fourth-order valence-electron chi connectivity index (χ4n) is 4.53. The number of hydrogen-bond acceptors (Lipinski definition) is 7. The Balaban J connectivity index is 1.36. The van der Waals surface area contributed by atoms with E-state index in [1.54, 1.807) is 32.4 Å². The number of nitrogens with one attached hydrogen (secondary N) is 3. The van der Waals surface area contributed by atoms with Gasteiger partial charge in [0.1, 0.15) is 11.5 Å². The number of aromatic amines is 1. The van der Waals surface area contributed by atoms with E-state index >= 15 is 0 Å². The van der Waals surface area contributed by atoms with Gasteiger partial charge in [-0.25, -0.2) is 28.7 Å². The molecule has 0 radical (unpaired) electrons. The summed E-state index contributed by atoms with van der Waals surface area (Å²) in [4.78, 5) is 36.6. The van der Waals surface area contributed by atoms with Crippen LogP contribution in [0.4, 0.5) is 14.7 Å². The highest BCUT2D eigenvalue weighted by Gasteiger charge is 2.22. The Morgan fingerprint density at radius 3 is 2.65 bits per heavy atom. The van der Waals surface area contributed by atoms with E-state index in [-0.39, 0.29) is 18.0 Å². The summed E-state index contributed by atoms with van der Waals surface area (Å²) in [6, 6.07) is 0.465. The fraction of sp³-hybridized carbons (Fsp3) is 0.455. The van der Waals surface area contributed by atoms with Gasteiger partial charge in [0.15, 0.2) is 11.3 Å². The molecule has 1 fully saturated rings. The smallest absolute Gasteiger partial charge is 0.256 e. The van der Waals surface area contributed by atoms with E-state index in [4.69, 9.17) is 0 Å². The molecule has 1 aliphatic carbocycles. The minimum atomic E-state index is -2.52. The lowest BCUT2D eigenvalue weighted by Crippen LogP contribution is -2.39. The predicted octanol–water partition coefficient (Wildman–Crippen LogP) is 3.20. The van der Waals surface area contributed by atoms with Crippen molar-refractivity contribution in [3.63, 3.8) is 0 Å². The fourth-order valence-corrected chi connectivity index (χ4v) is 4.53. The van der Waals surface area contributed by atoms with Crippen LogP contribution < -0.4 is 10.6 Å². The van der Waals surface area contributed by atoms with Crippen LogP contribution in [0.2, 0.25) is 0 Å². The normalized spacial score (nSPS) is 18.6. The zero-order chi connectivity index (χ0) is 23.8. The molecule has 0 saturated heterocycles.